The average Bonchev–Trinajstić information content (AvgIpc) is 2.60. The lowest BCUT2D eigenvalue weighted by atomic mass is 10.1. The molecule has 0 saturated carbocycles. The van der Waals surface area contributed by atoms with Crippen molar-refractivity contribution in [2.24, 2.45) is 0 Å². The Balaban J connectivity index is 1.97. The summed E-state index contributed by atoms with van der Waals surface area (Å²) in [7, 11) is 0. The third kappa shape index (κ3) is 2.59. The summed E-state index contributed by atoms with van der Waals surface area (Å²) in [4.78, 5) is 7.12. The summed E-state index contributed by atoms with van der Waals surface area (Å²) >= 11 is 0. The lowest BCUT2D eigenvalue weighted by Gasteiger charge is -2.25. The molecule has 15 heavy (non-hydrogen) atoms. The highest BCUT2D eigenvalue weighted by Gasteiger charge is 2.12. The van der Waals surface area contributed by atoms with Gasteiger partial charge in [0.15, 0.2) is 0 Å². The fourth-order valence-corrected chi connectivity index (χ4v) is 2.32. The van der Waals surface area contributed by atoms with Gasteiger partial charge in [0.05, 0.1) is 5.69 Å². The van der Waals surface area contributed by atoms with E-state index < -0.39 is 0 Å². The molecule has 1 aromatic heterocycles. The molecule has 1 aromatic rings. The standard InChI is InChI=1S/C12H21N3/c1-3-15-10-12(13-11(15)2)9-14-7-5-4-6-8-14/h10H,3-9H2,1-2H3. The summed E-state index contributed by atoms with van der Waals surface area (Å²) in [5.41, 5.74) is 1.23. The van der Waals surface area contributed by atoms with Crippen molar-refractivity contribution in [1.82, 2.24) is 14.5 Å². The van der Waals surface area contributed by atoms with Gasteiger partial charge in [-0.3, -0.25) is 4.90 Å². The zero-order chi connectivity index (χ0) is 10.7. The predicted octanol–water partition coefficient (Wildman–Crippen LogP) is 2.20. The molecule has 2 rings (SSSR count). The first-order valence-corrected chi connectivity index (χ1v) is 6.04. The number of aryl methyl sites for hydroxylation is 2. The third-order valence-electron chi connectivity index (χ3n) is 3.20. The van der Waals surface area contributed by atoms with Crippen LogP contribution < -0.4 is 0 Å². The van der Waals surface area contributed by atoms with Gasteiger partial charge >= 0.3 is 0 Å². The van der Waals surface area contributed by atoms with Crippen molar-refractivity contribution in [2.75, 3.05) is 13.1 Å². The Morgan fingerprint density at radius 2 is 2.00 bits per heavy atom. The molecular weight excluding hydrogens is 186 g/mol. The molecule has 0 atom stereocenters. The van der Waals surface area contributed by atoms with E-state index in [4.69, 9.17) is 0 Å². The molecule has 0 aliphatic carbocycles. The topological polar surface area (TPSA) is 21.1 Å². The molecule has 0 bridgehead atoms. The predicted molar refractivity (Wildman–Crippen MR) is 61.8 cm³/mol. The minimum atomic E-state index is 1.03. The molecule has 1 saturated heterocycles. The van der Waals surface area contributed by atoms with Crippen molar-refractivity contribution >= 4 is 0 Å². The number of rotatable bonds is 3. The molecule has 2 heterocycles. The first-order valence-electron chi connectivity index (χ1n) is 6.04. The van der Waals surface area contributed by atoms with Crippen LogP contribution in [0.1, 0.15) is 37.7 Å². The highest BCUT2D eigenvalue weighted by Crippen LogP contribution is 2.12. The van der Waals surface area contributed by atoms with Crippen LogP contribution >= 0.6 is 0 Å². The van der Waals surface area contributed by atoms with E-state index in [0.717, 1.165) is 18.9 Å². The largest absolute Gasteiger partial charge is 0.335 e. The minimum Gasteiger partial charge on any atom is -0.335 e. The van der Waals surface area contributed by atoms with E-state index in [1.165, 1.54) is 38.0 Å². The number of piperidine rings is 1. The molecule has 1 aliphatic rings. The third-order valence-corrected chi connectivity index (χ3v) is 3.20. The SMILES string of the molecule is CCn1cc(CN2CCCCC2)nc1C. The number of hydrogen-bond donors (Lipinski definition) is 0. The van der Waals surface area contributed by atoms with E-state index in [9.17, 15) is 0 Å². The second-order valence-corrected chi connectivity index (χ2v) is 4.40. The Bertz CT molecular complexity index is 311. The van der Waals surface area contributed by atoms with Gasteiger partial charge in [0, 0.05) is 19.3 Å². The Labute approximate surface area is 92.1 Å². The van der Waals surface area contributed by atoms with Crippen LogP contribution in [-0.4, -0.2) is 27.5 Å². The number of aromatic nitrogens is 2. The molecule has 3 heteroatoms. The number of hydrogen-bond acceptors (Lipinski definition) is 2. The molecule has 0 spiro atoms. The van der Waals surface area contributed by atoms with Gasteiger partial charge in [0.25, 0.3) is 0 Å². The van der Waals surface area contributed by atoms with E-state index >= 15 is 0 Å². The second-order valence-electron chi connectivity index (χ2n) is 4.40. The van der Waals surface area contributed by atoms with E-state index in [0.29, 0.717) is 0 Å². The summed E-state index contributed by atoms with van der Waals surface area (Å²) in [6.07, 6.45) is 6.31. The molecular formula is C12H21N3. The van der Waals surface area contributed by atoms with Crippen LogP contribution in [0, 0.1) is 6.92 Å². The maximum Gasteiger partial charge on any atom is 0.105 e. The van der Waals surface area contributed by atoms with Crippen molar-refractivity contribution in [2.45, 2.75) is 46.2 Å². The average molecular weight is 207 g/mol. The highest BCUT2D eigenvalue weighted by atomic mass is 15.2. The summed E-state index contributed by atoms with van der Waals surface area (Å²) < 4.78 is 2.22. The van der Waals surface area contributed by atoms with Crippen LogP contribution in [0.25, 0.3) is 0 Å². The minimum absolute atomic E-state index is 1.03. The van der Waals surface area contributed by atoms with Crippen molar-refractivity contribution in [1.29, 1.82) is 0 Å². The van der Waals surface area contributed by atoms with Crippen LogP contribution in [0.3, 0.4) is 0 Å². The first kappa shape index (κ1) is 10.7. The van der Waals surface area contributed by atoms with E-state index in [1.807, 2.05) is 0 Å². The summed E-state index contributed by atoms with van der Waals surface area (Å²) in [6, 6.07) is 0. The van der Waals surface area contributed by atoms with Crippen LogP contribution in [0.5, 0.6) is 0 Å². The molecule has 1 fully saturated rings. The van der Waals surface area contributed by atoms with Gasteiger partial charge in [-0.05, 0) is 39.8 Å². The Morgan fingerprint density at radius 1 is 1.27 bits per heavy atom. The quantitative estimate of drug-likeness (QED) is 0.757. The number of likely N-dealkylation sites (tertiary alicyclic amines) is 1. The molecule has 3 nitrogen and oxygen atoms in total. The van der Waals surface area contributed by atoms with Crippen LogP contribution in [-0.2, 0) is 13.1 Å². The fraction of sp³-hybridized carbons (Fsp3) is 0.750. The van der Waals surface area contributed by atoms with Crippen molar-refractivity contribution in [3.05, 3.63) is 17.7 Å². The monoisotopic (exact) mass is 207 g/mol. The van der Waals surface area contributed by atoms with Gasteiger partial charge in [-0.25, -0.2) is 4.98 Å². The van der Waals surface area contributed by atoms with Gasteiger partial charge in [-0.2, -0.15) is 0 Å². The zero-order valence-corrected chi connectivity index (χ0v) is 9.87. The summed E-state index contributed by atoms with van der Waals surface area (Å²) in [6.45, 7) is 8.81. The van der Waals surface area contributed by atoms with Gasteiger partial charge in [0.1, 0.15) is 5.82 Å². The molecule has 0 amide bonds. The highest BCUT2D eigenvalue weighted by molar-refractivity contribution is 5.03. The maximum atomic E-state index is 4.60. The molecule has 1 aliphatic heterocycles. The first-order chi connectivity index (χ1) is 7.29. The molecule has 0 radical (unpaired) electrons. The number of imidazole rings is 1. The fourth-order valence-electron chi connectivity index (χ4n) is 2.32. The summed E-state index contributed by atoms with van der Waals surface area (Å²) in [5, 5.41) is 0. The van der Waals surface area contributed by atoms with E-state index in [2.05, 4.69) is 34.5 Å². The smallest absolute Gasteiger partial charge is 0.105 e. The zero-order valence-electron chi connectivity index (χ0n) is 9.87. The van der Waals surface area contributed by atoms with Crippen LogP contribution in [0.4, 0.5) is 0 Å². The van der Waals surface area contributed by atoms with Gasteiger partial charge < -0.3 is 4.57 Å². The Hall–Kier alpha value is -0.830. The van der Waals surface area contributed by atoms with Crippen LogP contribution in [0.15, 0.2) is 6.20 Å². The van der Waals surface area contributed by atoms with Crippen molar-refractivity contribution < 1.29 is 0 Å². The maximum absolute atomic E-state index is 4.60. The molecule has 0 aromatic carbocycles. The Morgan fingerprint density at radius 3 is 2.60 bits per heavy atom. The van der Waals surface area contributed by atoms with Gasteiger partial charge in [-0.15, -0.1) is 0 Å². The van der Waals surface area contributed by atoms with Crippen molar-refractivity contribution in [3.8, 4) is 0 Å². The lowest BCUT2D eigenvalue weighted by Crippen LogP contribution is -2.29. The number of nitrogens with zero attached hydrogens (tertiary/aromatic N) is 3. The van der Waals surface area contributed by atoms with Gasteiger partial charge in [0.2, 0.25) is 0 Å². The summed E-state index contributed by atoms with van der Waals surface area (Å²) in [5.74, 6) is 1.14. The van der Waals surface area contributed by atoms with E-state index in [1.54, 1.807) is 0 Å². The van der Waals surface area contributed by atoms with Crippen molar-refractivity contribution in [3.63, 3.8) is 0 Å². The normalized spacial score (nSPS) is 18.3. The Kier molecular flexibility index (Phi) is 3.41. The van der Waals surface area contributed by atoms with Gasteiger partial charge in [-0.1, -0.05) is 6.42 Å². The van der Waals surface area contributed by atoms with Crippen LogP contribution in [0.2, 0.25) is 0 Å². The lowest BCUT2D eigenvalue weighted by molar-refractivity contribution is 0.218. The second kappa shape index (κ2) is 4.79. The molecule has 0 unspecified atom stereocenters. The molecule has 84 valence electrons. The van der Waals surface area contributed by atoms with E-state index in [-0.39, 0.29) is 0 Å². The molecule has 0 N–H and O–H groups in total.